The predicted molar refractivity (Wildman–Crippen MR) is 106 cm³/mol. The monoisotopic (exact) mass is 400 g/mol. The molecule has 154 valence electrons. The van der Waals surface area contributed by atoms with Crippen molar-refractivity contribution in [3.8, 4) is 17.2 Å². The van der Waals surface area contributed by atoms with E-state index in [-0.39, 0.29) is 6.54 Å². The molecule has 2 amide bonds. The first-order chi connectivity index (χ1) is 13.9. The molecule has 1 aliphatic heterocycles. The Labute approximate surface area is 168 Å². The summed E-state index contributed by atoms with van der Waals surface area (Å²) in [6, 6.07) is 12.2. The number of ether oxygens (including phenoxy) is 3. The van der Waals surface area contributed by atoms with E-state index >= 15 is 0 Å². The topological polar surface area (TPSA) is 106 Å². The highest BCUT2D eigenvalue weighted by molar-refractivity contribution is 6.39. The van der Waals surface area contributed by atoms with Crippen LogP contribution in [0.15, 0.2) is 42.5 Å². The van der Waals surface area contributed by atoms with Gasteiger partial charge in [0.25, 0.3) is 0 Å². The maximum Gasteiger partial charge on any atom is 0.313 e. The third-order valence-electron chi connectivity index (χ3n) is 4.38. The second-order valence-electron chi connectivity index (χ2n) is 7.02. The number of benzene rings is 2. The van der Waals surface area contributed by atoms with Crippen molar-refractivity contribution in [2.24, 2.45) is 0 Å². The molecule has 0 radical (unpaired) electrons. The molecule has 3 N–H and O–H groups in total. The van der Waals surface area contributed by atoms with Crippen LogP contribution in [0.1, 0.15) is 12.5 Å². The zero-order valence-electron chi connectivity index (χ0n) is 16.4. The Morgan fingerprint density at radius 3 is 2.45 bits per heavy atom. The van der Waals surface area contributed by atoms with Crippen molar-refractivity contribution < 1.29 is 28.9 Å². The summed E-state index contributed by atoms with van der Waals surface area (Å²) in [5.74, 6) is 0.152. The summed E-state index contributed by atoms with van der Waals surface area (Å²) in [6.07, 6.45) is 0.307. The lowest BCUT2D eigenvalue weighted by Gasteiger charge is -2.24. The summed E-state index contributed by atoms with van der Waals surface area (Å²) in [5, 5.41) is 15.5. The van der Waals surface area contributed by atoms with Crippen molar-refractivity contribution >= 4 is 17.5 Å². The molecule has 2 aromatic carbocycles. The first-order valence-corrected chi connectivity index (χ1v) is 9.20. The van der Waals surface area contributed by atoms with Crippen LogP contribution in [0.5, 0.6) is 17.2 Å². The van der Waals surface area contributed by atoms with E-state index in [9.17, 15) is 14.7 Å². The number of hydrogen-bond donors (Lipinski definition) is 3. The number of rotatable bonds is 6. The van der Waals surface area contributed by atoms with Gasteiger partial charge in [-0.25, -0.2) is 0 Å². The molecule has 8 heteroatoms. The quantitative estimate of drug-likeness (QED) is 0.635. The molecule has 2 aromatic rings. The summed E-state index contributed by atoms with van der Waals surface area (Å²) in [5.41, 5.74) is 0.0757. The second-order valence-corrected chi connectivity index (χ2v) is 7.02. The number of carbonyl (C=O) groups excluding carboxylic acids is 2. The highest BCUT2D eigenvalue weighted by atomic mass is 16.6. The minimum atomic E-state index is -1.22. The van der Waals surface area contributed by atoms with E-state index < -0.39 is 17.4 Å². The van der Waals surface area contributed by atoms with E-state index in [1.165, 1.54) is 0 Å². The largest absolute Gasteiger partial charge is 0.497 e. The number of nitrogens with one attached hydrogen (secondary N) is 2. The zero-order chi connectivity index (χ0) is 20.9. The first kappa shape index (κ1) is 20.5. The van der Waals surface area contributed by atoms with Crippen LogP contribution in [0.3, 0.4) is 0 Å². The Kier molecular flexibility index (Phi) is 6.23. The van der Waals surface area contributed by atoms with E-state index in [0.717, 1.165) is 11.3 Å². The Morgan fingerprint density at radius 2 is 1.76 bits per heavy atom. The number of amides is 2. The van der Waals surface area contributed by atoms with E-state index in [0.29, 0.717) is 36.8 Å². The Hall–Kier alpha value is -3.26. The highest BCUT2D eigenvalue weighted by Crippen LogP contribution is 2.32. The van der Waals surface area contributed by atoms with Crippen molar-refractivity contribution in [2.45, 2.75) is 18.9 Å². The summed E-state index contributed by atoms with van der Waals surface area (Å²) >= 11 is 0. The van der Waals surface area contributed by atoms with Crippen LogP contribution in [-0.2, 0) is 16.0 Å². The highest BCUT2D eigenvalue weighted by Gasteiger charge is 2.24. The summed E-state index contributed by atoms with van der Waals surface area (Å²) in [6.45, 7) is 2.41. The van der Waals surface area contributed by atoms with Gasteiger partial charge in [0.05, 0.1) is 12.7 Å². The van der Waals surface area contributed by atoms with Crippen molar-refractivity contribution in [3.63, 3.8) is 0 Å². The van der Waals surface area contributed by atoms with Crippen LogP contribution >= 0.6 is 0 Å². The van der Waals surface area contributed by atoms with Gasteiger partial charge in [-0.15, -0.1) is 0 Å². The van der Waals surface area contributed by atoms with Crippen LogP contribution in [-0.4, -0.2) is 49.4 Å². The molecule has 0 aromatic heterocycles. The molecule has 0 spiro atoms. The summed E-state index contributed by atoms with van der Waals surface area (Å²) in [7, 11) is 1.58. The number of methoxy groups -OCH3 is 1. The zero-order valence-corrected chi connectivity index (χ0v) is 16.4. The van der Waals surface area contributed by atoms with Gasteiger partial charge in [-0.2, -0.15) is 0 Å². The number of fused-ring (bicyclic) bond motifs is 1. The SMILES string of the molecule is COc1ccc(C[C@](C)(O)CNC(=O)C(=O)Nc2ccc3c(c2)OCCO3)cc1. The Bertz CT molecular complexity index is 879. The minimum absolute atomic E-state index is 0.0770. The molecule has 0 bridgehead atoms. The predicted octanol–water partition coefficient (Wildman–Crippen LogP) is 1.51. The van der Waals surface area contributed by atoms with Gasteiger partial charge in [0.2, 0.25) is 0 Å². The van der Waals surface area contributed by atoms with Gasteiger partial charge in [0.1, 0.15) is 19.0 Å². The third kappa shape index (κ3) is 5.61. The fourth-order valence-electron chi connectivity index (χ4n) is 2.91. The molecule has 3 rings (SSSR count). The Morgan fingerprint density at radius 1 is 1.07 bits per heavy atom. The van der Waals surface area contributed by atoms with Crippen molar-refractivity contribution in [2.75, 3.05) is 32.2 Å². The van der Waals surface area contributed by atoms with Crippen LogP contribution in [0.4, 0.5) is 5.69 Å². The molecule has 0 saturated heterocycles. The second kappa shape index (κ2) is 8.83. The fraction of sp³-hybridized carbons (Fsp3) is 0.333. The van der Waals surface area contributed by atoms with Crippen LogP contribution in [0, 0.1) is 0 Å². The lowest BCUT2D eigenvalue weighted by molar-refractivity contribution is -0.136. The maximum absolute atomic E-state index is 12.1. The average molecular weight is 400 g/mol. The van der Waals surface area contributed by atoms with Gasteiger partial charge in [0.15, 0.2) is 11.5 Å². The molecule has 1 aliphatic rings. The van der Waals surface area contributed by atoms with E-state index in [1.54, 1.807) is 44.4 Å². The standard InChI is InChI=1S/C21H24N2O6/c1-21(26,12-14-3-6-16(27-2)7-4-14)13-22-19(24)20(25)23-15-5-8-17-18(11-15)29-10-9-28-17/h3-8,11,26H,9-10,12-13H2,1-2H3,(H,22,24)(H,23,25)/t21-/m0/s1. The van der Waals surface area contributed by atoms with Crippen molar-refractivity contribution in [1.82, 2.24) is 5.32 Å². The van der Waals surface area contributed by atoms with E-state index in [4.69, 9.17) is 14.2 Å². The van der Waals surface area contributed by atoms with Gasteiger partial charge < -0.3 is 30.0 Å². The first-order valence-electron chi connectivity index (χ1n) is 9.20. The van der Waals surface area contributed by atoms with Gasteiger partial charge >= 0.3 is 11.8 Å². The molecule has 0 unspecified atom stereocenters. The molecule has 8 nitrogen and oxygen atoms in total. The van der Waals surface area contributed by atoms with Gasteiger partial charge in [-0.05, 0) is 36.8 Å². The summed E-state index contributed by atoms with van der Waals surface area (Å²) < 4.78 is 16.0. The van der Waals surface area contributed by atoms with Crippen LogP contribution in [0.25, 0.3) is 0 Å². The number of carbonyl (C=O) groups is 2. The fourth-order valence-corrected chi connectivity index (χ4v) is 2.91. The number of aliphatic hydroxyl groups is 1. The molecule has 0 saturated carbocycles. The number of hydrogen-bond acceptors (Lipinski definition) is 6. The van der Waals surface area contributed by atoms with Crippen LogP contribution in [0.2, 0.25) is 0 Å². The molecule has 0 fully saturated rings. The maximum atomic E-state index is 12.1. The van der Waals surface area contributed by atoms with Gasteiger partial charge in [-0.1, -0.05) is 12.1 Å². The number of anilines is 1. The minimum Gasteiger partial charge on any atom is -0.497 e. The lowest BCUT2D eigenvalue weighted by atomic mass is 9.96. The molecular formula is C21H24N2O6. The normalized spacial score (nSPS) is 14.4. The van der Waals surface area contributed by atoms with Gasteiger partial charge in [-0.3, -0.25) is 9.59 Å². The molecule has 1 heterocycles. The average Bonchev–Trinajstić information content (AvgIpc) is 2.72. The molecule has 1 atom stereocenters. The molecule has 0 aliphatic carbocycles. The molecular weight excluding hydrogens is 376 g/mol. The van der Waals surface area contributed by atoms with E-state index in [2.05, 4.69) is 10.6 Å². The Balaban J connectivity index is 1.51. The van der Waals surface area contributed by atoms with Crippen molar-refractivity contribution in [3.05, 3.63) is 48.0 Å². The lowest BCUT2D eigenvalue weighted by Crippen LogP contribution is -2.45. The third-order valence-corrected chi connectivity index (χ3v) is 4.38. The smallest absolute Gasteiger partial charge is 0.313 e. The van der Waals surface area contributed by atoms with Crippen molar-refractivity contribution in [1.29, 1.82) is 0 Å². The van der Waals surface area contributed by atoms with Crippen LogP contribution < -0.4 is 24.8 Å². The van der Waals surface area contributed by atoms with E-state index in [1.807, 2.05) is 12.1 Å². The summed E-state index contributed by atoms with van der Waals surface area (Å²) in [4.78, 5) is 24.2. The van der Waals surface area contributed by atoms with Gasteiger partial charge in [0, 0.05) is 24.7 Å². The molecule has 29 heavy (non-hydrogen) atoms.